The highest BCUT2D eigenvalue weighted by atomic mass is 35.5. The molecule has 0 fully saturated rings. The molecule has 172 valence electrons. The highest BCUT2D eigenvalue weighted by molar-refractivity contribution is 7.04. The Kier molecular flexibility index (Phi) is 7.85. The van der Waals surface area contributed by atoms with Gasteiger partial charge in [0.05, 0.1) is 0 Å². The van der Waals surface area contributed by atoms with E-state index in [0.717, 1.165) is 28.2 Å². The lowest BCUT2D eigenvalue weighted by Crippen LogP contribution is -2.17. The predicted molar refractivity (Wildman–Crippen MR) is 135 cm³/mol. The first kappa shape index (κ1) is 23.8. The Labute approximate surface area is 211 Å². The summed E-state index contributed by atoms with van der Waals surface area (Å²) < 4.78 is 13.7. The molecule has 0 atom stereocenters. The molecular weight excluding hydrogens is 493 g/mol. The van der Waals surface area contributed by atoms with Crippen LogP contribution in [0, 0.1) is 0 Å². The molecule has 1 heterocycles. The number of aromatic nitrogens is 1. The van der Waals surface area contributed by atoms with Crippen molar-refractivity contribution in [1.82, 2.24) is 0 Å². The van der Waals surface area contributed by atoms with Crippen molar-refractivity contribution in [1.29, 1.82) is 0 Å². The van der Waals surface area contributed by atoms with Gasteiger partial charge in [-0.05, 0) is 29.8 Å². The third-order valence-corrected chi connectivity index (χ3v) is 6.51. The van der Waals surface area contributed by atoms with Crippen LogP contribution in [0.2, 0.25) is 10.0 Å². The fourth-order valence-electron chi connectivity index (χ4n) is 3.08. The molecule has 0 amide bonds. The highest BCUT2D eigenvalue weighted by Crippen LogP contribution is 2.27. The second kappa shape index (κ2) is 11.2. The number of ether oxygens (including phenoxy) is 2. The van der Waals surface area contributed by atoms with E-state index >= 15 is 0 Å². The van der Waals surface area contributed by atoms with E-state index in [1.54, 1.807) is 22.4 Å². The summed E-state index contributed by atoms with van der Waals surface area (Å²) in [5.74, 6) is 0.264. The minimum absolute atomic E-state index is 0.255. The number of aromatic carboxylic acids is 1. The molecule has 0 aliphatic carbocycles. The highest BCUT2D eigenvalue weighted by Gasteiger charge is 2.12. The molecule has 0 aliphatic rings. The lowest BCUT2D eigenvalue weighted by molar-refractivity contribution is -0.489. The van der Waals surface area contributed by atoms with Gasteiger partial charge in [-0.25, -0.2) is 4.79 Å². The summed E-state index contributed by atoms with van der Waals surface area (Å²) in [7, 11) is 0. The molecule has 5 nitrogen and oxygen atoms in total. The van der Waals surface area contributed by atoms with Crippen LogP contribution in [-0.2, 0) is 13.2 Å². The summed E-state index contributed by atoms with van der Waals surface area (Å²) in [6.45, 7) is 0.608. The van der Waals surface area contributed by atoms with E-state index in [0.29, 0.717) is 34.8 Å². The van der Waals surface area contributed by atoms with Crippen molar-refractivity contribution in [3.8, 4) is 11.5 Å². The summed E-state index contributed by atoms with van der Waals surface area (Å²) in [5.41, 5.74) is 2.57. The van der Waals surface area contributed by atoms with Crippen molar-refractivity contribution in [3.05, 3.63) is 111 Å². The van der Waals surface area contributed by atoms with Crippen LogP contribution in [-0.4, -0.2) is 11.1 Å². The normalized spacial score (nSPS) is 11.0. The van der Waals surface area contributed by atoms with Gasteiger partial charge in [0.1, 0.15) is 24.7 Å². The number of benzene rings is 3. The van der Waals surface area contributed by atoms with E-state index in [-0.39, 0.29) is 4.88 Å². The molecule has 0 radical (unpaired) electrons. The lowest BCUT2D eigenvalue weighted by Gasteiger charge is -2.12. The topological polar surface area (TPSA) is 59.6 Å². The first-order valence-corrected chi connectivity index (χ1v) is 11.8. The summed E-state index contributed by atoms with van der Waals surface area (Å²) in [6.07, 6.45) is 5.33. The van der Waals surface area contributed by atoms with E-state index in [1.807, 2.05) is 72.8 Å². The first-order valence-electron chi connectivity index (χ1n) is 10.3. The van der Waals surface area contributed by atoms with Gasteiger partial charge < -0.3 is 14.6 Å². The lowest BCUT2D eigenvalue weighted by atomic mass is 10.2. The number of carboxylic acid groups (broad SMARTS) is 1. The Morgan fingerprint density at radius 3 is 1.94 bits per heavy atom. The molecule has 4 rings (SSSR count). The van der Waals surface area contributed by atoms with Gasteiger partial charge in [0, 0.05) is 39.4 Å². The fraction of sp³-hybridized carbons (Fsp3) is 0.0769. The Bertz CT molecular complexity index is 1270. The number of hydrogen-bond donors (Lipinski definition) is 1. The second-order valence-corrected chi connectivity index (χ2v) is 9.11. The van der Waals surface area contributed by atoms with Gasteiger partial charge in [-0.2, -0.15) is 0 Å². The van der Waals surface area contributed by atoms with Crippen molar-refractivity contribution in [3.63, 3.8) is 0 Å². The Balaban J connectivity index is 1.56. The van der Waals surface area contributed by atoms with E-state index in [1.165, 1.54) is 0 Å². The van der Waals surface area contributed by atoms with Crippen LogP contribution in [0.4, 0.5) is 0 Å². The summed E-state index contributed by atoms with van der Waals surface area (Å²) in [6, 6.07) is 22.1. The third-order valence-electron chi connectivity index (χ3n) is 4.81. The zero-order valence-corrected chi connectivity index (χ0v) is 20.2. The zero-order chi connectivity index (χ0) is 23.9. The maximum absolute atomic E-state index is 11.1. The quantitative estimate of drug-likeness (QED) is 0.250. The SMILES string of the molecule is O=C(O)c1cc[n+](/C=C/c2cc(OCc3ccccc3Cl)cc(OCc3ccccc3Cl)c2)s1. The van der Waals surface area contributed by atoms with Gasteiger partial charge in [0.15, 0.2) is 28.8 Å². The van der Waals surface area contributed by atoms with Crippen molar-refractivity contribution in [2.45, 2.75) is 13.2 Å². The van der Waals surface area contributed by atoms with E-state index in [9.17, 15) is 4.79 Å². The molecule has 0 aliphatic heterocycles. The standard InChI is InChI=1S/C26H19Cl2NO4S/c27-23-7-3-1-5-19(23)16-32-21-13-18(9-11-29-12-10-25(34-29)26(30)31)14-22(15-21)33-17-20-6-2-4-8-24(20)28/h1-15H,16-17H2/p+1/b11-9+. The van der Waals surface area contributed by atoms with Gasteiger partial charge in [0.25, 0.3) is 0 Å². The summed E-state index contributed by atoms with van der Waals surface area (Å²) in [4.78, 5) is 11.4. The minimum Gasteiger partial charge on any atom is -0.489 e. The van der Waals surface area contributed by atoms with Gasteiger partial charge >= 0.3 is 5.97 Å². The molecule has 3 aromatic carbocycles. The zero-order valence-electron chi connectivity index (χ0n) is 17.9. The van der Waals surface area contributed by atoms with E-state index in [4.69, 9.17) is 37.8 Å². The number of carbonyl (C=O) groups is 1. The number of halogens is 2. The van der Waals surface area contributed by atoms with Crippen molar-refractivity contribution in [2.24, 2.45) is 0 Å². The number of carboxylic acids is 1. The molecule has 0 saturated carbocycles. The largest absolute Gasteiger partial charge is 0.489 e. The van der Waals surface area contributed by atoms with Gasteiger partial charge in [-0.15, -0.1) is 3.96 Å². The van der Waals surface area contributed by atoms with Crippen LogP contribution in [0.15, 0.2) is 79.0 Å². The molecule has 0 saturated heterocycles. The monoisotopic (exact) mass is 512 g/mol. The molecule has 0 unspecified atom stereocenters. The van der Waals surface area contributed by atoms with E-state index < -0.39 is 5.97 Å². The van der Waals surface area contributed by atoms with E-state index in [2.05, 4.69) is 0 Å². The smallest absolute Gasteiger partial charge is 0.352 e. The Hall–Kier alpha value is -3.32. The number of rotatable bonds is 9. The molecule has 0 bridgehead atoms. The van der Waals surface area contributed by atoms with Gasteiger partial charge in [-0.3, -0.25) is 0 Å². The molecular formula is C26H20Cl2NO4S+. The molecule has 4 aromatic rings. The van der Waals surface area contributed by atoms with Crippen molar-refractivity contribution < 1.29 is 23.3 Å². The minimum atomic E-state index is -0.956. The summed E-state index contributed by atoms with van der Waals surface area (Å²) >= 11 is 13.6. The van der Waals surface area contributed by atoms with Crippen molar-refractivity contribution in [2.75, 3.05) is 0 Å². The maximum Gasteiger partial charge on any atom is 0.352 e. The molecule has 34 heavy (non-hydrogen) atoms. The van der Waals surface area contributed by atoms with Gasteiger partial charge in [0.2, 0.25) is 0 Å². The van der Waals surface area contributed by atoms with Crippen LogP contribution >= 0.6 is 34.7 Å². The summed E-state index contributed by atoms with van der Waals surface area (Å²) in [5, 5.41) is 10.4. The third kappa shape index (κ3) is 6.38. The molecule has 0 spiro atoms. The molecule has 8 heteroatoms. The Morgan fingerprint density at radius 1 is 0.882 bits per heavy atom. The molecule has 1 N–H and O–H groups in total. The van der Waals surface area contributed by atoms with Crippen LogP contribution in [0.3, 0.4) is 0 Å². The van der Waals surface area contributed by atoms with Crippen LogP contribution in [0.1, 0.15) is 26.4 Å². The fourth-order valence-corrected chi connectivity index (χ4v) is 4.13. The predicted octanol–water partition coefficient (Wildman–Crippen LogP) is 6.83. The molecule has 1 aromatic heterocycles. The Morgan fingerprint density at radius 2 is 1.44 bits per heavy atom. The van der Waals surface area contributed by atoms with Crippen LogP contribution < -0.4 is 13.4 Å². The average molecular weight is 513 g/mol. The number of hydrogen-bond acceptors (Lipinski definition) is 4. The van der Waals surface area contributed by atoms with Crippen molar-refractivity contribution >= 4 is 53.0 Å². The first-order chi connectivity index (χ1) is 16.5. The van der Waals surface area contributed by atoms with Gasteiger partial charge in [-0.1, -0.05) is 59.6 Å². The van der Waals surface area contributed by atoms with Crippen LogP contribution in [0.5, 0.6) is 11.5 Å². The second-order valence-electron chi connectivity index (χ2n) is 7.25. The average Bonchev–Trinajstić information content (AvgIpc) is 3.31. The number of nitrogens with zero attached hydrogens (tertiary/aromatic N) is 1. The maximum atomic E-state index is 11.1. The van der Waals surface area contributed by atoms with Crippen LogP contribution in [0.25, 0.3) is 12.3 Å².